The van der Waals surface area contributed by atoms with Gasteiger partial charge in [-0.2, -0.15) is 0 Å². The van der Waals surface area contributed by atoms with Gasteiger partial charge in [-0.15, -0.1) is 4.72 Å². The molecule has 0 aliphatic heterocycles. The van der Waals surface area contributed by atoms with E-state index in [9.17, 15) is 8.94 Å². The molecule has 3 aromatic rings. The van der Waals surface area contributed by atoms with E-state index in [1.54, 1.807) is 25.5 Å². The van der Waals surface area contributed by atoms with Crippen molar-refractivity contribution in [3.8, 4) is 11.1 Å². The van der Waals surface area contributed by atoms with Crippen LogP contribution in [0.15, 0.2) is 65.8 Å². The fourth-order valence-corrected chi connectivity index (χ4v) is 4.39. The molecule has 0 spiro atoms. The lowest BCUT2D eigenvalue weighted by Gasteiger charge is -2.28. The van der Waals surface area contributed by atoms with Gasteiger partial charge in [0.2, 0.25) is 0 Å². The topological polar surface area (TPSA) is 60.3 Å². The number of aromatic nitrogens is 1. The number of rotatable bonds is 7. The predicted octanol–water partition coefficient (Wildman–Crippen LogP) is 5.93. The number of halogens is 2. The molecule has 1 heterocycles. The summed E-state index contributed by atoms with van der Waals surface area (Å²) in [6.45, 7) is 5.71. The van der Waals surface area contributed by atoms with Gasteiger partial charge in [0, 0.05) is 41.4 Å². The Balaban J connectivity index is 2.07. The van der Waals surface area contributed by atoms with Crippen molar-refractivity contribution >= 4 is 29.2 Å². The Morgan fingerprint density at radius 2 is 1.97 bits per heavy atom. The Bertz CT molecular complexity index is 1080. The lowest BCUT2D eigenvalue weighted by Crippen LogP contribution is -2.42. The molecule has 32 heavy (non-hydrogen) atoms. The maximum Gasteiger partial charge on any atom is 0.136 e. The Labute approximate surface area is 197 Å². The van der Waals surface area contributed by atoms with Gasteiger partial charge in [0.05, 0.1) is 11.7 Å². The van der Waals surface area contributed by atoms with E-state index in [0.717, 1.165) is 22.4 Å². The predicted molar refractivity (Wildman–Crippen MR) is 132 cm³/mol. The highest BCUT2D eigenvalue weighted by molar-refractivity contribution is 7.90. The first-order valence-corrected chi connectivity index (χ1v) is 11.8. The zero-order chi connectivity index (χ0) is 23.3. The molecular formula is C25H27ClFN3OS. The Morgan fingerprint density at radius 3 is 2.66 bits per heavy atom. The molecule has 1 N–H and O–H groups in total. The van der Waals surface area contributed by atoms with E-state index in [0.29, 0.717) is 17.0 Å². The average Bonchev–Trinajstić information content (AvgIpc) is 2.72. The van der Waals surface area contributed by atoms with Crippen molar-refractivity contribution in [1.29, 1.82) is 0 Å². The lowest BCUT2D eigenvalue weighted by molar-refractivity contribution is 0.518. The van der Waals surface area contributed by atoms with Gasteiger partial charge >= 0.3 is 0 Å². The molecule has 1 unspecified atom stereocenters. The van der Waals surface area contributed by atoms with Crippen LogP contribution in [0.1, 0.15) is 43.6 Å². The third kappa shape index (κ3) is 6.39. The van der Waals surface area contributed by atoms with E-state index in [1.165, 1.54) is 12.1 Å². The molecule has 0 saturated carbocycles. The van der Waals surface area contributed by atoms with Crippen LogP contribution in [0.25, 0.3) is 11.1 Å². The van der Waals surface area contributed by atoms with Crippen LogP contribution in [-0.4, -0.2) is 27.5 Å². The van der Waals surface area contributed by atoms with Gasteiger partial charge in [-0.1, -0.05) is 35.9 Å². The van der Waals surface area contributed by atoms with Gasteiger partial charge in [-0.3, -0.25) is 9.98 Å². The second-order valence-corrected chi connectivity index (χ2v) is 10.9. The van der Waals surface area contributed by atoms with Crippen molar-refractivity contribution in [2.75, 3.05) is 7.05 Å². The lowest BCUT2D eigenvalue weighted by atomic mass is 9.95. The van der Waals surface area contributed by atoms with Crippen LogP contribution >= 0.6 is 11.6 Å². The summed E-state index contributed by atoms with van der Waals surface area (Å²) in [4.78, 5) is 8.75. The molecule has 0 aliphatic carbocycles. The van der Waals surface area contributed by atoms with Gasteiger partial charge in [-0.25, -0.2) is 4.39 Å². The van der Waals surface area contributed by atoms with Crippen LogP contribution in [0, 0.1) is 5.82 Å². The Morgan fingerprint density at radius 1 is 1.19 bits per heavy atom. The molecule has 0 bridgehead atoms. The van der Waals surface area contributed by atoms with Gasteiger partial charge in [0.1, 0.15) is 10.6 Å². The molecule has 2 atom stereocenters. The second-order valence-electron chi connectivity index (χ2n) is 8.48. The minimum absolute atomic E-state index is 0.323. The molecule has 168 valence electrons. The zero-order valence-corrected chi connectivity index (χ0v) is 20.2. The highest BCUT2D eigenvalue weighted by Gasteiger charge is 2.31. The van der Waals surface area contributed by atoms with Gasteiger partial charge < -0.3 is 4.55 Å². The number of hydrogen-bond donors (Lipinski definition) is 1. The summed E-state index contributed by atoms with van der Waals surface area (Å²) >= 11 is 4.72. The van der Waals surface area contributed by atoms with E-state index < -0.39 is 28.0 Å². The first-order chi connectivity index (χ1) is 15.2. The first kappa shape index (κ1) is 24.4. The molecule has 0 aliphatic rings. The van der Waals surface area contributed by atoms with Crippen molar-refractivity contribution < 1.29 is 8.94 Å². The smallest absolute Gasteiger partial charge is 0.136 e. The fraction of sp³-hybridized carbons (Fsp3) is 0.280. The monoisotopic (exact) mass is 471 g/mol. The largest absolute Gasteiger partial charge is 0.598 e. The molecule has 2 aromatic carbocycles. The van der Waals surface area contributed by atoms with Crippen molar-refractivity contribution in [3.63, 3.8) is 0 Å². The van der Waals surface area contributed by atoms with Crippen LogP contribution in [0.3, 0.4) is 0 Å². The molecule has 3 rings (SSSR count). The Hall–Kier alpha value is -2.25. The summed E-state index contributed by atoms with van der Waals surface area (Å²) in [5, 5.41) is 0.323. The summed E-state index contributed by atoms with van der Waals surface area (Å²) in [5.41, 5.74) is 4.28. The molecule has 4 nitrogen and oxygen atoms in total. The van der Waals surface area contributed by atoms with Crippen LogP contribution in [0.4, 0.5) is 4.39 Å². The maximum absolute atomic E-state index is 14.0. The van der Waals surface area contributed by atoms with Gasteiger partial charge in [0.15, 0.2) is 0 Å². The van der Waals surface area contributed by atoms with Crippen LogP contribution in [-0.2, 0) is 17.8 Å². The van der Waals surface area contributed by atoms with E-state index >= 15 is 0 Å². The van der Waals surface area contributed by atoms with Crippen LogP contribution in [0.2, 0.25) is 5.02 Å². The third-order valence-corrected chi connectivity index (χ3v) is 6.64. The standard InChI is InChI=1S/C25H27ClFN3OS/c1-25(2,3)32(31)30-23(14-18-12-20(26)15-21(27)13-18)24-22(9-6-10-29-24)19-8-5-7-17(11-19)16-28-4/h5-13,15-16,23,30H,14H2,1-4H3/t23-,32?/m0/s1. The summed E-state index contributed by atoms with van der Waals surface area (Å²) in [6, 6.07) is 15.8. The highest BCUT2D eigenvalue weighted by Crippen LogP contribution is 2.31. The maximum atomic E-state index is 14.0. The summed E-state index contributed by atoms with van der Waals surface area (Å²) < 4.78 is 29.8. The zero-order valence-electron chi connectivity index (χ0n) is 18.6. The third-order valence-electron chi connectivity index (χ3n) is 4.81. The average molecular weight is 472 g/mol. The van der Waals surface area contributed by atoms with Crippen molar-refractivity contribution in [2.24, 2.45) is 4.99 Å². The van der Waals surface area contributed by atoms with E-state index in [1.807, 2.05) is 57.2 Å². The van der Waals surface area contributed by atoms with E-state index in [4.69, 9.17) is 11.6 Å². The molecule has 0 radical (unpaired) electrons. The fourth-order valence-electron chi connectivity index (χ4n) is 3.34. The normalized spacial score (nSPS) is 14.0. The summed E-state index contributed by atoms with van der Waals surface area (Å²) in [7, 11) is 1.73. The molecule has 1 aromatic heterocycles. The van der Waals surface area contributed by atoms with E-state index in [-0.39, 0.29) is 0 Å². The molecule has 0 fully saturated rings. The summed E-state index contributed by atoms with van der Waals surface area (Å²) in [5.74, 6) is -0.406. The second kappa shape index (κ2) is 10.6. The number of benzene rings is 2. The quantitative estimate of drug-likeness (QED) is 0.343. The van der Waals surface area contributed by atoms with Crippen LogP contribution < -0.4 is 4.72 Å². The first-order valence-electron chi connectivity index (χ1n) is 10.3. The van der Waals surface area contributed by atoms with Gasteiger partial charge in [-0.05, 0) is 74.2 Å². The van der Waals surface area contributed by atoms with Gasteiger partial charge in [0.25, 0.3) is 0 Å². The molecule has 0 saturated heterocycles. The van der Waals surface area contributed by atoms with E-state index in [2.05, 4.69) is 14.7 Å². The molecular weight excluding hydrogens is 445 g/mol. The van der Waals surface area contributed by atoms with Crippen molar-refractivity contribution in [1.82, 2.24) is 9.71 Å². The number of pyridine rings is 1. The van der Waals surface area contributed by atoms with Crippen LogP contribution in [0.5, 0.6) is 0 Å². The SMILES string of the molecule is CN=Cc1cccc(-c2cccnc2[C@H](Cc2cc(F)cc(Cl)c2)N[S+]([O-])C(C)(C)C)c1. The number of aliphatic imine (C=N–C) groups is 1. The molecule has 0 amide bonds. The number of hydrogen-bond acceptors (Lipinski definition) is 4. The minimum atomic E-state index is -1.36. The van der Waals surface area contributed by atoms with Crippen molar-refractivity contribution in [2.45, 2.75) is 38.0 Å². The van der Waals surface area contributed by atoms with Crippen molar-refractivity contribution in [3.05, 3.63) is 88.5 Å². The number of nitrogens with zero attached hydrogens (tertiary/aromatic N) is 2. The minimum Gasteiger partial charge on any atom is -0.598 e. The number of nitrogens with one attached hydrogen (secondary N) is 1. The highest BCUT2D eigenvalue weighted by atomic mass is 35.5. The summed E-state index contributed by atoms with van der Waals surface area (Å²) in [6.07, 6.45) is 3.88. The molecule has 7 heteroatoms. The Kier molecular flexibility index (Phi) is 8.06.